The zero-order chi connectivity index (χ0) is 15.5. The van der Waals surface area contributed by atoms with Crippen molar-refractivity contribution in [3.8, 4) is 11.5 Å². The van der Waals surface area contributed by atoms with Gasteiger partial charge in [0.1, 0.15) is 11.6 Å². The van der Waals surface area contributed by atoms with Crippen molar-refractivity contribution in [3.63, 3.8) is 0 Å². The first-order chi connectivity index (χ1) is 10.6. The zero-order valence-electron chi connectivity index (χ0n) is 11.1. The average Bonchev–Trinajstić information content (AvgIpc) is 2.96. The molecule has 1 aromatic heterocycles. The first-order valence-electron chi connectivity index (χ1n) is 6.28. The van der Waals surface area contributed by atoms with Gasteiger partial charge in [-0.3, -0.25) is 10.1 Å². The molecule has 0 bridgehead atoms. The molecule has 3 rings (SSSR count). The molecule has 0 aliphatic rings. The quantitative estimate of drug-likeness (QED) is 0.806. The summed E-state index contributed by atoms with van der Waals surface area (Å²) >= 11 is 0. The van der Waals surface area contributed by atoms with Crippen molar-refractivity contribution < 1.29 is 18.0 Å². The van der Waals surface area contributed by atoms with Gasteiger partial charge in [0.15, 0.2) is 0 Å². The topological polar surface area (TPSA) is 68.0 Å². The third-order valence-corrected chi connectivity index (χ3v) is 2.82. The molecule has 0 aliphatic carbocycles. The molecule has 110 valence electrons. The number of hydrogen-bond donors (Lipinski definition) is 1. The van der Waals surface area contributed by atoms with Crippen LogP contribution >= 0.6 is 0 Å². The molecule has 0 unspecified atom stereocenters. The Bertz CT molecular complexity index is 816. The van der Waals surface area contributed by atoms with Gasteiger partial charge in [-0.25, -0.2) is 8.78 Å². The van der Waals surface area contributed by atoms with E-state index in [-0.39, 0.29) is 23.3 Å². The van der Waals surface area contributed by atoms with E-state index in [9.17, 15) is 13.6 Å². The van der Waals surface area contributed by atoms with E-state index in [4.69, 9.17) is 4.42 Å². The van der Waals surface area contributed by atoms with Gasteiger partial charge in [-0.15, -0.1) is 5.10 Å². The SMILES string of the molecule is O=C(Nc1nnc(-c2ccc(F)cc2)o1)c1cccc(F)c1. The van der Waals surface area contributed by atoms with Gasteiger partial charge in [0, 0.05) is 11.1 Å². The number of benzene rings is 2. The molecule has 7 heteroatoms. The number of aromatic nitrogens is 2. The molecule has 0 fully saturated rings. The molecular weight excluding hydrogens is 292 g/mol. The Morgan fingerprint density at radius 2 is 1.77 bits per heavy atom. The first kappa shape index (κ1) is 13.9. The summed E-state index contributed by atoms with van der Waals surface area (Å²) in [6.45, 7) is 0. The van der Waals surface area contributed by atoms with Crippen LogP contribution in [0.15, 0.2) is 52.9 Å². The van der Waals surface area contributed by atoms with Crippen LogP contribution in [0.5, 0.6) is 0 Å². The van der Waals surface area contributed by atoms with Gasteiger partial charge >= 0.3 is 6.01 Å². The molecule has 0 atom stereocenters. The summed E-state index contributed by atoms with van der Waals surface area (Å²) in [6, 6.07) is 10.5. The van der Waals surface area contributed by atoms with Crippen molar-refractivity contribution in [3.05, 3.63) is 65.7 Å². The standard InChI is InChI=1S/C15H9F2N3O2/c16-11-6-4-9(5-7-11)14-19-20-15(22-14)18-13(21)10-2-1-3-12(17)8-10/h1-8H,(H,18,20,21). The van der Waals surface area contributed by atoms with Gasteiger partial charge in [0.25, 0.3) is 5.91 Å². The molecule has 22 heavy (non-hydrogen) atoms. The Morgan fingerprint density at radius 3 is 2.50 bits per heavy atom. The van der Waals surface area contributed by atoms with E-state index in [1.165, 1.54) is 42.5 Å². The lowest BCUT2D eigenvalue weighted by molar-refractivity contribution is 0.102. The molecule has 0 saturated heterocycles. The number of nitrogens with zero attached hydrogens (tertiary/aromatic N) is 2. The smallest absolute Gasteiger partial charge is 0.322 e. The Hall–Kier alpha value is -3.09. The number of carbonyl (C=O) groups excluding carboxylic acids is 1. The fraction of sp³-hybridized carbons (Fsp3) is 0. The summed E-state index contributed by atoms with van der Waals surface area (Å²) < 4.78 is 31.2. The van der Waals surface area contributed by atoms with Gasteiger partial charge < -0.3 is 4.42 Å². The Labute approximate surface area is 123 Å². The number of anilines is 1. The van der Waals surface area contributed by atoms with E-state index in [2.05, 4.69) is 15.5 Å². The maximum absolute atomic E-state index is 13.1. The van der Waals surface area contributed by atoms with Crippen molar-refractivity contribution in [2.75, 3.05) is 5.32 Å². The first-order valence-corrected chi connectivity index (χ1v) is 6.28. The van der Waals surface area contributed by atoms with Gasteiger partial charge in [-0.2, -0.15) is 0 Å². The van der Waals surface area contributed by atoms with Crippen molar-refractivity contribution in [2.45, 2.75) is 0 Å². The predicted molar refractivity (Wildman–Crippen MR) is 74.0 cm³/mol. The summed E-state index contributed by atoms with van der Waals surface area (Å²) in [7, 11) is 0. The highest BCUT2D eigenvalue weighted by Crippen LogP contribution is 2.20. The monoisotopic (exact) mass is 301 g/mol. The average molecular weight is 301 g/mol. The van der Waals surface area contributed by atoms with Crippen LogP contribution in [0.25, 0.3) is 11.5 Å². The van der Waals surface area contributed by atoms with Crippen LogP contribution in [-0.2, 0) is 0 Å². The maximum atomic E-state index is 13.1. The second-order valence-corrected chi connectivity index (χ2v) is 4.38. The fourth-order valence-corrected chi connectivity index (χ4v) is 1.78. The largest absolute Gasteiger partial charge is 0.403 e. The van der Waals surface area contributed by atoms with Gasteiger partial charge in [-0.1, -0.05) is 11.2 Å². The highest BCUT2D eigenvalue weighted by atomic mass is 19.1. The number of halogens is 2. The molecular formula is C15H9F2N3O2. The number of hydrogen-bond acceptors (Lipinski definition) is 4. The third kappa shape index (κ3) is 2.98. The summed E-state index contributed by atoms with van der Waals surface area (Å²) in [6.07, 6.45) is 0. The highest BCUT2D eigenvalue weighted by molar-refractivity contribution is 6.03. The molecule has 5 nitrogen and oxygen atoms in total. The van der Waals surface area contributed by atoms with Crippen molar-refractivity contribution in [2.24, 2.45) is 0 Å². The lowest BCUT2D eigenvalue weighted by atomic mass is 10.2. The van der Waals surface area contributed by atoms with E-state index in [1.54, 1.807) is 0 Å². The minimum atomic E-state index is -0.575. The number of nitrogens with one attached hydrogen (secondary N) is 1. The van der Waals surface area contributed by atoms with Gasteiger partial charge in [0.2, 0.25) is 5.89 Å². The van der Waals surface area contributed by atoms with Crippen LogP contribution in [0.4, 0.5) is 14.8 Å². The van der Waals surface area contributed by atoms with Crippen molar-refractivity contribution >= 4 is 11.9 Å². The van der Waals surface area contributed by atoms with E-state index in [0.717, 1.165) is 6.07 Å². The number of rotatable bonds is 3. The molecule has 0 spiro atoms. The lowest BCUT2D eigenvalue weighted by Crippen LogP contribution is -2.12. The fourth-order valence-electron chi connectivity index (χ4n) is 1.78. The minimum absolute atomic E-state index is 0.126. The van der Waals surface area contributed by atoms with Crippen LogP contribution in [0, 0.1) is 11.6 Å². The molecule has 1 heterocycles. The van der Waals surface area contributed by atoms with Crippen molar-refractivity contribution in [1.82, 2.24) is 10.2 Å². The van der Waals surface area contributed by atoms with E-state index < -0.39 is 11.7 Å². The minimum Gasteiger partial charge on any atom is -0.403 e. The summed E-state index contributed by atoms with van der Waals surface area (Å²) in [5.41, 5.74) is 0.640. The Morgan fingerprint density at radius 1 is 1.00 bits per heavy atom. The summed E-state index contributed by atoms with van der Waals surface area (Å²) in [4.78, 5) is 11.9. The van der Waals surface area contributed by atoms with Crippen LogP contribution < -0.4 is 5.32 Å². The van der Waals surface area contributed by atoms with Crippen LogP contribution in [0.1, 0.15) is 10.4 Å². The molecule has 0 aliphatic heterocycles. The van der Waals surface area contributed by atoms with E-state index in [1.807, 2.05) is 0 Å². The van der Waals surface area contributed by atoms with E-state index in [0.29, 0.717) is 5.56 Å². The zero-order valence-corrected chi connectivity index (χ0v) is 11.1. The summed E-state index contributed by atoms with van der Waals surface area (Å²) in [5.74, 6) is -1.35. The molecule has 1 amide bonds. The number of carbonyl (C=O) groups is 1. The molecule has 3 aromatic rings. The Balaban J connectivity index is 1.77. The third-order valence-electron chi connectivity index (χ3n) is 2.82. The van der Waals surface area contributed by atoms with E-state index >= 15 is 0 Å². The molecule has 2 aromatic carbocycles. The molecule has 0 radical (unpaired) electrons. The number of amides is 1. The van der Waals surface area contributed by atoms with Crippen LogP contribution in [-0.4, -0.2) is 16.1 Å². The van der Waals surface area contributed by atoms with Crippen molar-refractivity contribution in [1.29, 1.82) is 0 Å². The molecule has 1 N–H and O–H groups in total. The van der Waals surface area contributed by atoms with Crippen LogP contribution in [0.2, 0.25) is 0 Å². The second-order valence-electron chi connectivity index (χ2n) is 4.38. The molecule has 0 saturated carbocycles. The Kier molecular flexibility index (Phi) is 3.61. The highest BCUT2D eigenvalue weighted by Gasteiger charge is 2.13. The normalized spacial score (nSPS) is 10.5. The predicted octanol–water partition coefficient (Wildman–Crippen LogP) is 3.27. The van der Waals surface area contributed by atoms with Crippen LogP contribution in [0.3, 0.4) is 0 Å². The van der Waals surface area contributed by atoms with Gasteiger partial charge in [-0.05, 0) is 42.5 Å². The summed E-state index contributed by atoms with van der Waals surface area (Å²) in [5, 5.41) is 9.79. The maximum Gasteiger partial charge on any atom is 0.322 e. The van der Waals surface area contributed by atoms with Gasteiger partial charge in [0.05, 0.1) is 0 Å². The second kappa shape index (κ2) is 5.72. The lowest BCUT2D eigenvalue weighted by Gasteiger charge is -2.00.